The van der Waals surface area contributed by atoms with E-state index in [4.69, 9.17) is 9.84 Å². The van der Waals surface area contributed by atoms with Crippen LogP contribution in [0.25, 0.3) is 0 Å². The van der Waals surface area contributed by atoms with E-state index in [1.165, 1.54) is 37.4 Å². The molecule has 0 atom stereocenters. The first-order chi connectivity index (χ1) is 13.2. The van der Waals surface area contributed by atoms with Crippen LogP contribution in [0.4, 0.5) is 5.69 Å². The highest BCUT2D eigenvalue weighted by atomic mass is 32.2. The number of benzene rings is 2. The molecule has 0 aliphatic rings. The van der Waals surface area contributed by atoms with Crippen LogP contribution >= 0.6 is 0 Å². The molecule has 28 heavy (non-hydrogen) atoms. The number of aryl methyl sites for hydroxylation is 1. The molecular weight excluding hydrogens is 386 g/mol. The third-order valence-corrected chi connectivity index (χ3v) is 5.19. The maximum Gasteiger partial charge on any atom is 0.339 e. The molecular formula is C19H21NO7S. The van der Waals surface area contributed by atoms with Crippen LogP contribution in [0.3, 0.4) is 0 Å². The SMILES string of the molecule is COC(=O)c1ccccc1NS(=O)(=O)c1ccc(OCCCC(=O)O)c(C)c1. The highest BCUT2D eigenvalue weighted by Gasteiger charge is 2.19. The smallest absolute Gasteiger partial charge is 0.339 e. The Balaban J connectivity index is 2.17. The van der Waals surface area contributed by atoms with Gasteiger partial charge in [0.15, 0.2) is 0 Å². The number of carbonyl (C=O) groups is 2. The van der Waals surface area contributed by atoms with E-state index < -0.39 is 22.0 Å². The van der Waals surface area contributed by atoms with E-state index in [-0.39, 0.29) is 29.2 Å². The van der Waals surface area contributed by atoms with Gasteiger partial charge in [0.2, 0.25) is 0 Å². The zero-order valence-corrected chi connectivity index (χ0v) is 16.3. The fourth-order valence-corrected chi connectivity index (χ4v) is 3.58. The number of para-hydroxylation sites is 1. The maximum absolute atomic E-state index is 12.7. The normalized spacial score (nSPS) is 10.9. The zero-order chi connectivity index (χ0) is 20.7. The Morgan fingerprint density at radius 1 is 1.14 bits per heavy atom. The van der Waals surface area contributed by atoms with Gasteiger partial charge >= 0.3 is 11.9 Å². The van der Waals surface area contributed by atoms with E-state index in [1.54, 1.807) is 19.1 Å². The summed E-state index contributed by atoms with van der Waals surface area (Å²) in [6, 6.07) is 10.5. The third-order valence-electron chi connectivity index (χ3n) is 3.83. The number of sulfonamides is 1. The number of carboxylic acids is 1. The van der Waals surface area contributed by atoms with Gasteiger partial charge in [-0.05, 0) is 49.2 Å². The van der Waals surface area contributed by atoms with Crippen LogP contribution in [-0.4, -0.2) is 39.2 Å². The summed E-state index contributed by atoms with van der Waals surface area (Å²) in [5.74, 6) is -1.08. The lowest BCUT2D eigenvalue weighted by Crippen LogP contribution is -2.16. The average Bonchev–Trinajstić information content (AvgIpc) is 2.65. The molecule has 2 aromatic carbocycles. The summed E-state index contributed by atoms with van der Waals surface area (Å²) in [6.07, 6.45) is 0.343. The molecule has 0 spiro atoms. The van der Waals surface area contributed by atoms with Crippen molar-refractivity contribution in [3.63, 3.8) is 0 Å². The fourth-order valence-electron chi connectivity index (χ4n) is 2.42. The molecule has 0 aliphatic carbocycles. The van der Waals surface area contributed by atoms with Gasteiger partial charge in [-0.2, -0.15) is 0 Å². The predicted molar refractivity (Wildman–Crippen MR) is 102 cm³/mol. The van der Waals surface area contributed by atoms with Crippen LogP contribution in [0, 0.1) is 6.92 Å². The molecule has 0 bridgehead atoms. The first-order valence-electron chi connectivity index (χ1n) is 8.40. The lowest BCUT2D eigenvalue weighted by Gasteiger charge is -2.13. The number of aliphatic carboxylic acids is 1. The largest absolute Gasteiger partial charge is 0.493 e. The van der Waals surface area contributed by atoms with E-state index >= 15 is 0 Å². The molecule has 150 valence electrons. The van der Waals surface area contributed by atoms with Crippen molar-refractivity contribution in [2.24, 2.45) is 0 Å². The molecule has 0 heterocycles. The van der Waals surface area contributed by atoms with Gasteiger partial charge in [-0.25, -0.2) is 13.2 Å². The van der Waals surface area contributed by atoms with Crippen LogP contribution < -0.4 is 9.46 Å². The molecule has 0 radical (unpaired) electrons. The van der Waals surface area contributed by atoms with Crippen LogP contribution in [0.15, 0.2) is 47.4 Å². The average molecular weight is 407 g/mol. The Morgan fingerprint density at radius 3 is 2.50 bits per heavy atom. The monoisotopic (exact) mass is 407 g/mol. The number of carboxylic acid groups (broad SMARTS) is 1. The molecule has 2 aromatic rings. The summed E-state index contributed by atoms with van der Waals surface area (Å²) in [6.45, 7) is 1.90. The maximum atomic E-state index is 12.7. The van der Waals surface area contributed by atoms with Gasteiger partial charge in [0.1, 0.15) is 5.75 Å². The molecule has 2 N–H and O–H groups in total. The molecule has 2 rings (SSSR count). The summed E-state index contributed by atoms with van der Waals surface area (Å²) in [4.78, 5) is 22.3. The highest BCUT2D eigenvalue weighted by Crippen LogP contribution is 2.25. The van der Waals surface area contributed by atoms with Crippen LogP contribution in [0.2, 0.25) is 0 Å². The first-order valence-corrected chi connectivity index (χ1v) is 9.88. The molecule has 8 nitrogen and oxygen atoms in total. The highest BCUT2D eigenvalue weighted by molar-refractivity contribution is 7.92. The number of hydrogen-bond donors (Lipinski definition) is 2. The molecule has 0 saturated heterocycles. The van der Waals surface area contributed by atoms with Gasteiger partial charge in [-0.15, -0.1) is 0 Å². The molecule has 9 heteroatoms. The lowest BCUT2D eigenvalue weighted by molar-refractivity contribution is -0.137. The Kier molecular flexibility index (Phi) is 7.00. The molecule has 0 unspecified atom stereocenters. The number of methoxy groups -OCH3 is 1. The molecule has 0 fully saturated rings. The number of ether oxygens (including phenoxy) is 2. The number of nitrogens with one attached hydrogen (secondary N) is 1. The van der Waals surface area contributed by atoms with Crippen molar-refractivity contribution in [1.29, 1.82) is 0 Å². The Hall–Kier alpha value is -3.07. The van der Waals surface area contributed by atoms with Crippen molar-refractivity contribution in [3.05, 3.63) is 53.6 Å². The van der Waals surface area contributed by atoms with Gasteiger partial charge in [0.25, 0.3) is 10.0 Å². The lowest BCUT2D eigenvalue weighted by atomic mass is 10.2. The fraction of sp³-hybridized carbons (Fsp3) is 0.263. The third kappa shape index (κ3) is 5.46. The summed E-state index contributed by atoms with van der Waals surface area (Å²) >= 11 is 0. The summed E-state index contributed by atoms with van der Waals surface area (Å²) in [5, 5.41) is 8.62. The van der Waals surface area contributed by atoms with Gasteiger partial charge in [0, 0.05) is 6.42 Å². The summed E-state index contributed by atoms with van der Waals surface area (Å²) in [5.41, 5.74) is 0.795. The number of rotatable bonds is 9. The summed E-state index contributed by atoms with van der Waals surface area (Å²) < 4.78 is 37.9. The standard InChI is InChI=1S/C19H21NO7S/c1-13-12-14(9-10-17(13)27-11-5-8-18(21)22)28(24,25)20-16-7-4-3-6-15(16)19(23)26-2/h3-4,6-7,9-10,12,20H,5,8,11H2,1-2H3,(H,21,22). The second kappa shape index (κ2) is 9.23. The molecule has 0 aliphatic heterocycles. The molecule has 0 saturated carbocycles. The van der Waals surface area contributed by atoms with Gasteiger partial charge < -0.3 is 14.6 Å². The minimum absolute atomic E-state index is 0.00237. The Labute approximate surface area is 163 Å². The first kappa shape index (κ1) is 21.2. The van der Waals surface area contributed by atoms with Crippen molar-refractivity contribution in [2.45, 2.75) is 24.7 Å². The van der Waals surface area contributed by atoms with E-state index in [1.807, 2.05) is 0 Å². The Bertz CT molecular complexity index is 970. The summed E-state index contributed by atoms with van der Waals surface area (Å²) in [7, 11) is -2.73. The zero-order valence-electron chi connectivity index (χ0n) is 15.5. The van der Waals surface area contributed by atoms with Crippen molar-refractivity contribution in [2.75, 3.05) is 18.4 Å². The van der Waals surface area contributed by atoms with Crippen LogP contribution in [0.1, 0.15) is 28.8 Å². The van der Waals surface area contributed by atoms with E-state index in [9.17, 15) is 18.0 Å². The van der Waals surface area contributed by atoms with Gasteiger partial charge in [-0.3, -0.25) is 9.52 Å². The Morgan fingerprint density at radius 2 is 1.86 bits per heavy atom. The van der Waals surface area contributed by atoms with Crippen molar-refractivity contribution in [1.82, 2.24) is 0 Å². The second-order valence-electron chi connectivity index (χ2n) is 5.92. The number of anilines is 1. The van der Waals surface area contributed by atoms with E-state index in [2.05, 4.69) is 9.46 Å². The van der Waals surface area contributed by atoms with Crippen LogP contribution in [0.5, 0.6) is 5.75 Å². The minimum Gasteiger partial charge on any atom is -0.493 e. The number of carbonyl (C=O) groups excluding carboxylic acids is 1. The van der Waals surface area contributed by atoms with E-state index in [0.29, 0.717) is 17.7 Å². The van der Waals surface area contributed by atoms with Crippen molar-refractivity contribution >= 4 is 27.6 Å². The van der Waals surface area contributed by atoms with E-state index in [0.717, 1.165) is 0 Å². The molecule has 0 amide bonds. The van der Waals surface area contributed by atoms with Crippen molar-refractivity contribution < 1.29 is 32.6 Å². The second-order valence-corrected chi connectivity index (χ2v) is 7.60. The van der Waals surface area contributed by atoms with Gasteiger partial charge in [0.05, 0.1) is 29.9 Å². The minimum atomic E-state index is -3.94. The van der Waals surface area contributed by atoms with Crippen LogP contribution in [-0.2, 0) is 19.6 Å². The van der Waals surface area contributed by atoms with Crippen molar-refractivity contribution in [3.8, 4) is 5.75 Å². The number of hydrogen-bond acceptors (Lipinski definition) is 6. The number of esters is 1. The topological polar surface area (TPSA) is 119 Å². The predicted octanol–water partition coefficient (Wildman–Crippen LogP) is 2.83. The molecule has 0 aromatic heterocycles. The van der Waals surface area contributed by atoms with Gasteiger partial charge in [-0.1, -0.05) is 12.1 Å². The quantitative estimate of drug-likeness (QED) is 0.484.